The van der Waals surface area contributed by atoms with Gasteiger partial charge in [0.2, 0.25) is 0 Å². The van der Waals surface area contributed by atoms with Gasteiger partial charge in [-0.05, 0) is 42.5 Å². The quantitative estimate of drug-likeness (QED) is 0.754. The predicted molar refractivity (Wildman–Crippen MR) is 87.0 cm³/mol. The highest BCUT2D eigenvalue weighted by Gasteiger charge is 2.02. The van der Waals surface area contributed by atoms with Crippen LogP contribution in [0, 0.1) is 11.3 Å². The van der Waals surface area contributed by atoms with Crippen molar-refractivity contribution in [2.75, 3.05) is 18.5 Å². The molecule has 0 aliphatic carbocycles. The van der Waals surface area contributed by atoms with Crippen LogP contribution in [-0.2, 0) is 0 Å². The van der Waals surface area contributed by atoms with E-state index in [1.54, 1.807) is 6.07 Å². The molecule has 3 nitrogen and oxygen atoms in total. The van der Waals surface area contributed by atoms with Crippen LogP contribution in [0.4, 0.5) is 5.69 Å². The van der Waals surface area contributed by atoms with Gasteiger partial charge in [-0.1, -0.05) is 31.9 Å². The van der Waals surface area contributed by atoms with Gasteiger partial charge in [0, 0.05) is 15.5 Å². The molecule has 0 bridgehead atoms. The van der Waals surface area contributed by atoms with Gasteiger partial charge < -0.3 is 10.1 Å². The van der Waals surface area contributed by atoms with Gasteiger partial charge in [0.25, 0.3) is 0 Å². The van der Waals surface area contributed by atoms with Gasteiger partial charge in [-0.2, -0.15) is 5.26 Å². The van der Waals surface area contributed by atoms with E-state index in [0.29, 0.717) is 18.7 Å². The summed E-state index contributed by atoms with van der Waals surface area (Å²) in [6.07, 6.45) is 0. The molecule has 0 spiro atoms. The van der Waals surface area contributed by atoms with Crippen LogP contribution in [0.1, 0.15) is 5.56 Å². The monoisotopic (exact) mass is 394 g/mol. The second-order valence-corrected chi connectivity index (χ2v) is 5.86. The SMILES string of the molecule is N#Cc1ccc(Br)cc1NCCOc1ccc(Br)cc1. The minimum atomic E-state index is 0.527. The predicted octanol–water partition coefficient (Wildman–Crippen LogP) is 4.57. The van der Waals surface area contributed by atoms with E-state index in [4.69, 9.17) is 10.00 Å². The number of nitriles is 1. The maximum absolute atomic E-state index is 9.03. The normalized spacial score (nSPS) is 9.85. The number of halogens is 2. The molecule has 20 heavy (non-hydrogen) atoms. The van der Waals surface area contributed by atoms with Crippen molar-refractivity contribution in [1.29, 1.82) is 5.26 Å². The van der Waals surface area contributed by atoms with Crippen molar-refractivity contribution in [3.63, 3.8) is 0 Å². The molecule has 2 rings (SSSR count). The van der Waals surface area contributed by atoms with Crippen LogP contribution in [0.3, 0.4) is 0 Å². The maximum Gasteiger partial charge on any atom is 0.119 e. The van der Waals surface area contributed by atoms with E-state index >= 15 is 0 Å². The summed E-state index contributed by atoms with van der Waals surface area (Å²) in [6.45, 7) is 1.15. The molecule has 0 aliphatic rings. The second-order valence-electron chi connectivity index (χ2n) is 4.03. The molecule has 0 heterocycles. The molecule has 0 saturated carbocycles. The molecule has 0 saturated heterocycles. The third-order valence-corrected chi connectivity index (χ3v) is 3.62. The average Bonchev–Trinajstić information content (AvgIpc) is 2.46. The Hall–Kier alpha value is -1.51. The van der Waals surface area contributed by atoms with Gasteiger partial charge in [0.05, 0.1) is 11.3 Å². The Morgan fingerprint density at radius 1 is 1.05 bits per heavy atom. The average molecular weight is 396 g/mol. The van der Waals surface area contributed by atoms with E-state index in [0.717, 1.165) is 20.4 Å². The van der Waals surface area contributed by atoms with Crippen LogP contribution in [0.25, 0.3) is 0 Å². The highest BCUT2D eigenvalue weighted by Crippen LogP contribution is 2.20. The Balaban J connectivity index is 1.86. The molecule has 5 heteroatoms. The van der Waals surface area contributed by atoms with Crippen LogP contribution in [0.15, 0.2) is 51.4 Å². The van der Waals surface area contributed by atoms with Crippen molar-refractivity contribution < 1.29 is 4.74 Å². The highest BCUT2D eigenvalue weighted by atomic mass is 79.9. The molecule has 2 aromatic carbocycles. The lowest BCUT2D eigenvalue weighted by Gasteiger charge is -2.10. The standard InChI is InChI=1S/C15H12Br2N2O/c16-12-3-5-14(6-4-12)20-8-7-19-15-9-13(17)2-1-11(15)10-18/h1-6,9,19H,7-8H2. The Morgan fingerprint density at radius 3 is 2.45 bits per heavy atom. The van der Waals surface area contributed by atoms with Crippen LogP contribution < -0.4 is 10.1 Å². The minimum absolute atomic E-state index is 0.527. The second kappa shape index (κ2) is 7.32. The summed E-state index contributed by atoms with van der Waals surface area (Å²) in [5.41, 5.74) is 1.43. The molecule has 0 atom stereocenters. The summed E-state index contributed by atoms with van der Waals surface area (Å²) in [5, 5.41) is 12.2. The van der Waals surface area contributed by atoms with Crippen molar-refractivity contribution in [1.82, 2.24) is 0 Å². The first kappa shape index (κ1) is 14.9. The van der Waals surface area contributed by atoms with Crippen molar-refractivity contribution >= 4 is 37.5 Å². The first-order valence-corrected chi connectivity index (χ1v) is 7.59. The van der Waals surface area contributed by atoms with Gasteiger partial charge in [-0.3, -0.25) is 0 Å². The fourth-order valence-electron chi connectivity index (χ4n) is 1.65. The van der Waals surface area contributed by atoms with Gasteiger partial charge in [0.15, 0.2) is 0 Å². The molecular formula is C15H12Br2N2O. The molecule has 1 N–H and O–H groups in total. The van der Waals surface area contributed by atoms with Crippen LogP contribution in [-0.4, -0.2) is 13.2 Å². The summed E-state index contributed by atoms with van der Waals surface area (Å²) in [4.78, 5) is 0. The summed E-state index contributed by atoms with van der Waals surface area (Å²) in [5.74, 6) is 0.824. The van der Waals surface area contributed by atoms with E-state index in [1.807, 2.05) is 36.4 Å². The summed E-state index contributed by atoms with van der Waals surface area (Å²) >= 11 is 6.77. The molecule has 0 amide bonds. The number of benzene rings is 2. The molecule has 0 aliphatic heterocycles. The lowest BCUT2D eigenvalue weighted by Crippen LogP contribution is -2.12. The number of nitrogens with zero attached hydrogens (tertiary/aromatic N) is 1. The van der Waals surface area contributed by atoms with Crippen LogP contribution in [0.2, 0.25) is 0 Å². The maximum atomic E-state index is 9.03. The number of rotatable bonds is 5. The van der Waals surface area contributed by atoms with Crippen molar-refractivity contribution in [3.8, 4) is 11.8 Å². The Morgan fingerprint density at radius 2 is 1.75 bits per heavy atom. The minimum Gasteiger partial charge on any atom is -0.492 e. The van der Waals surface area contributed by atoms with E-state index < -0.39 is 0 Å². The highest BCUT2D eigenvalue weighted by molar-refractivity contribution is 9.10. The van der Waals surface area contributed by atoms with Crippen LogP contribution in [0.5, 0.6) is 5.75 Å². The fourth-order valence-corrected chi connectivity index (χ4v) is 2.27. The van der Waals surface area contributed by atoms with Crippen LogP contribution >= 0.6 is 31.9 Å². The largest absolute Gasteiger partial charge is 0.492 e. The van der Waals surface area contributed by atoms with Crippen molar-refractivity contribution in [3.05, 3.63) is 57.0 Å². The van der Waals surface area contributed by atoms with E-state index in [-0.39, 0.29) is 0 Å². The molecule has 0 fully saturated rings. The summed E-state index contributed by atoms with van der Waals surface area (Å²) in [7, 11) is 0. The van der Waals surface area contributed by atoms with Gasteiger partial charge in [-0.15, -0.1) is 0 Å². The molecule has 0 unspecified atom stereocenters. The molecular weight excluding hydrogens is 384 g/mol. The first-order valence-electron chi connectivity index (χ1n) is 6.01. The lowest BCUT2D eigenvalue weighted by atomic mass is 10.2. The van der Waals surface area contributed by atoms with E-state index in [9.17, 15) is 0 Å². The zero-order chi connectivity index (χ0) is 14.4. The summed E-state index contributed by atoms with van der Waals surface area (Å²) in [6, 6.07) is 15.4. The third-order valence-electron chi connectivity index (χ3n) is 2.60. The molecule has 0 aromatic heterocycles. The van der Waals surface area contributed by atoms with Gasteiger partial charge in [0.1, 0.15) is 18.4 Å². The molecule has 0 radical (unpaired) electrons. The lowest BCUT2D eigenvalue weighted by molar-refractivity contribution is 0.333. The first-order chi connectivity index (χ1) is 9.69. The van der Waals surface area contributed by atoms with Gasteiger partial charge >= 0.3 is 0 Å². The Bertz CT molecular complexity index is 621. The third kappa shape index (κ3) is 4.26. The topological polar surface area (TPSA) is 45.0 Å². The summed E-state index contributed by atoms with van der Waals surface area (Å²) < 4.78 is 7.57. The van der Waals surface area contributed by atoms with E-state index in [2.05, 4.69) is 43.2 Å². The zero-order valence-electron chi connectivity index (χ0n) is 10.6. The number of hydrogen-bond acceptors (Lipinski definition) is 3. The number of hydrogen-bond donors (Lipinski definition) is 1. The fraction of sp³-hybridized carbons (Fsp3) is 0.133. The van der Waals surface area contributed by atoms with Crippen molar-refractivity contribution in [2.24, 2.45) is 0 Å². The Labute approximate surface area is 134 Å². The number of nitrogens with one attached hydrogen (secondary N) is 1. The van der Waals surface area contributed by atoms with Gasteiger partial charge in [-0.25, -0.2) is 0 Å². The molecule has 102 valence electrons. The Kier molecular flexibility index (Phi) is 5.45. The molecule has 2 aromatic rings. The number of ether oxygens (including phenoxy) is 1. The number of anilines is 1. The zero-order valence-corrected chi connectivity index (χ0v) is 13.7. The van der Waals surface area contributed by atoms with E-state index in [1.165, 1.54) is 0 Å². The van der Waals surface area contributed by atoms with Crippen molar-refractivity contribution in [2.45, 2.75) is 0 Å². The smallest absolute Gasteiger partial charge is 0.119 e.